The molecule has 2 atom stereocenters. The number of carbonyl (C=O) groups is 1. The van der Waals surface area contributed by atoms with Crippen LogP contribution in [-0.2, 0) is 16.0 Å². The third-order valence-corrected chi connectivity index (χ3v) is 4.59. The Kier molecular flexibility index (Phi) is 4.27. The zero-order valence-electron chi connectivity index (χ0n) is 12.4. The van der Waals surface area contributed by atoms with Crippen LogP contribution >= 0.6 is 0 Å². The lowest BCUT2D eigenvalue weighted by molar-refractivity contribution is -0.125. The average molecular weight is 289 g/mol. The Labute approximate surface area is 125 Å². The van der Waals surface area contributed by atoms with E-state index in [1.165, 1.54) is 0 Å². The van der Waals surface area contributed by atoms with Crippen LogP contribution in [0.1, 0.15) is 43.4 Å². The molecule has 4 heteroatoms. The Morgan fingerprint density at radius 1 is 1.38 bits per heavy atom. The number of nitrogens with one attached hydrogen (secondary N) is 1. The standard InChI is InChI=1S/C17H23NO3/c1-2-21-13-7-11(8-13)9-16(20)18-17-14-6-4-3-5-12(14)10-15(17)19/h3-6,11,13,15,17,19H,2,7-10H2,1H3,(H,18,20)/t11?,13?,15-,17+/m0/s1. The summed E-state index contributed by atoms with van der Waals surface area (Å²) in [6.45, 7) is 2.74. The fourth-order valence-corrected chi connectivity index (χ4v) is 3.46. The largest absolute Gasteiger partial charge is 0.390 e. The topological polar surface area (TPSA) is 58.6 Å². The first kappa shape index (κ1) is 14.5. The van der Waals surface area contributed by atoms with E-state index in [1.54, 1.807) is 0 Å². The molecule has 0 unspecified atom stereocenters. The van der Waals surface area contributed by atoms with Gasteiger partial charge >= 0.3 is 0 Å². The lowest BCUT2D eigenvalue weighted by Gasteiger charge is -2.34. The number of benzene rings is 1. The minimum absolute atomic E-state index is 0.0377. The third kappa shape index (κ3) is 3.11. The molecule has 1 amide bonds. The highest BCUT2D eigenvalue weighted by atomic mass is 16.5. The molecule has 0 aliphatic heterocycles. The Hall–Kier alpha value is -1.39. The smallest absolute Gasteiger partial charge is 0.220 e. The molecule has 1 fully saturated rings. The van der Waals surface area contributed by atoms with Gasteiger partial charge in [0, 0.05) is 19.4 Å². The highest BCUT2D eigenvalue weighted by Gasteiger charge is 2.34. The fourth-order valence-electron chi connectivity index (χ4n) is 3.46. The summed E-state index contributed by atoms with van der Waals surface area (Å²) >= 11 is 0. The highest BCUT2D eigenvalue weighted by Crippen LogP contribution is 2.34. The van der Waals surface area contributed by atoms with E-state index in [0.717, 1.165) is 30.6 Å². The van der Waals surface area contributed by atoms with E-state index in [-0.39, 0.29) is 11.9 Å². The van der Waals surface area contributed by atoms with Crippen molar-refractivity contribution in [2.45, 2.75) is 50.9 Å². The quantitative estimate of drug-likeness (QED) is 0.871. The molecule has 0 aromatic heterocycles. The molecule has 0 saturated heterocycles. The summed E-state index contributed by atoms with van der Waals surface area (Å²) in [5.74, 6) is 0.464. The van der Waals surface area contributed by atoms with Crippen molar-refractivity contribution >= 4 is 5.91 Å². The van der Waals surface area contributed by atoms with Crippen molar-refractivity contribution in [2.24, 2.45) is 5.92 Å². The van der Waals surface area contributed by atoms with Gasteiger partial charge in [0.1, 0.15) is 0 Å². The zero-order valence-corrected chi connectivity index (χ0v) is 12.4. The minimum Gasteiger partial charge on any atom is -0.390 e. The summed E-state index contributed by atoms with van der Waals surface area (Å²) in [4.78, 5) is 12.2. The van der Waals surface area contributed by atoms with Gasteiger partial charge in [0.25, 0.3) is 0 Å². The number of rotatable bonds is 5. The molecular weight excluding hydrogens is 266 g/mol. The number of amides is 1. The zero-order chi connectivity index (χ0) is 14.8. The van der Waals surface area contributed by atoms with E-state index in [1.807, 2.05) is 31.2 Å². The van der Waals surface area contributed by atoms with Crippen molar-refractivity contribution in [1.82, 2.24) is 5.32 Å². The van der Waals surface area contributed by atoms with E-state index in [4.69, 9.17) is 4.74 Å². The molecule has 0 heterocycles. The molecule has 3 rings (SSSR count). The second kappa shape index (κ2) is 6.16. The summed E-state index contributed by atoms with van der Waals surface area (Å²) in [7, 11) is 0. The predicted octanol–water partition coefficient (Wildman–Crippen LogP) is 1.97. The van der Waals surface area contributed by atoms with Crippen molar-refractivity contribution in [3.63, 3.8) is 0 Å². The number of carbonyl (C=O) groups excluding carboxylic acids is 1. The molecular formula is C17H23NO3. The summed E-state index contributed by atoms with van der Waals surface area (Å²) < 4.78 is 5.51. The van der Waals surface area contributed by atoms with Crippen LogP contribution in [0.15, 0.2) is 24.3 Å². The molecule has 4 nitrogen and oxygen atoms in total. The van der Waals surface area contributed by atoms with Crippen molar-refractivity contribution in [3.8, 4) is 0 Å². The van der Waals surface area contributed by atoms with Crippen LogP contribution in [-0.4, -0.2) is 29.8 Å². The molecule has 0 bridgehead atoms. The Morgan fingerprint density at radius 2 is 2.14 bits per heavy atom. The van der Waals surface area contributed by atoms with Crippen molar-refractivity contribution < 1.29 is 14.6 Å². The first-order chi connectivity index (χ1) is 10.2. The lowest BCUT2D eigenvalue weighted by atomic mass is 9.80. The molecule has 0 radical (unpaired) electrons. The van der Waals surface area contributed by atoms with Gasteiger partial charge in [-0.3, -0.25) is 4.79 Å². The first-order valence-corrected chi connectivity index (χ1v) is 7.84. The van der Waals surface area contributed by atoms with Crippen LogP contribution in [0.4, 0.5) is 0 Å². The van der Waals surface area contributed by atoms with Gasteiger partial charge in [-0.25, -0.2) is 0 Å². The number of aliphatic hydroxyl groups is 1. The number of fused-ring (bicyclic) bond motifs is 1. The molecule has 2 aliphatic rings. The molecule has 1 aromatic carbocycles. The van der Waals surface area contributed by atoms with Crippen LogP contribution in [0, 0.1) is 5.92 Å². The van der Waals surface area contributed by atoms with Crippen LogP contribution in [0.3, 0.4) is 0 Å². The SMILES string of the molecule is CCOC1CC(CC(=O)N[C@@H]2c3ccccc3C[C@@H]2O)C1. The summed E-state index contributed by atoms with van der Waals surface area (Å²) in [6, 6.07) is 7.68. The van der Waals surface area contributed by atoms with Crippen molar-refractivity contribution in [2.75, 3.05) is 6.61 Å². The Bertz CT molecular complexity index is 511. The maximum absolute atomic E-state index is 12.2. The second-order valence-corrected chi connectivity index (χ2v) is 6.13. The van der Waals surface area contributed by atoms with E-state index >= 15 is 0 Å². The highest BCUT2D eigenvalue weighted by molar-refractivity contribution is 5.77. The van der Waals surface area contributed by atoms with E-state index in [9.17, 15) is 9.90 Å². The maximum Gasteiger partial charge on any atom is 0.220 e. The number of ether oxygens (including phenoxy) is 1. The molecule has 114 valence electrons. The summed E-state index contributed by atoms with van der Waals surface area (Å²) in [6.07, 6.45) is 2.94. The van der Waals surface area contributed by atoms with Gasteiger partial charge < -0.3 is 15.2 Å². The maximum atomic E-state index is 12.2. The van der Waals surface area contributed by atoms with E-state index in [0.29, 0.717) is 24.9 Å². The minimum atomic E-state index is -0.510. The first-order valence-electron chi connectivity index (χ1n) is 7.84. The molecule has 1 saturated carbocycles. The summed E-state index contributed by atoms with van der Waals surface area (Å²) in [5, 5.41) is 13.1. The predicted molar refractivity (Wildman–Crippen MR) is 79.8 cm³/mol. The number of hydrogen-bond acceptors (Lipinski definition) is 3. The van der Waals surface area contributed by atoms with Gasteiger partial charge in [-0.05, 0) is 36.8 Å². The van der Waals surface area contributed by atoms with Crippen molar-refractivity contribution in [3.05, 3.63) is 35.4 Å². The molecule has 2 aliphatic carbocycles. The number of aliphatic hydroxyl groups excluding tert-OH is 1. The molecule has 21 heavy (non-hydrogen) atoms. The molecule has 2 N–H and O–H groups in total. The normalized spacial score (nSPS) is 30.6. The van der Waals surface area contributed by atoms with Gasteiger partial charge in [-0.1, -0.05) is 24.3 Å². The Morgan fingerprint density at radius 3 is 2.90 bits per heavy atom. The fraction of sp³-hybridized carbons (Fsp3) is 0.588. The lowest BCUT2D eigenvalue weighted by Crippen LogP contribution is -2.38. The van der Waals surface area contributed by atoms with Gasteiger partial charge in [0.05, 0.1) is 18.2 Å². The Balaban J connectivity index is 1.52. The van der Waals surface area contributed by atoms with Crippen LogP contribution in [0.2, 0.25) is 0 Å². The number of hydrogen-bond donors (Lipinski definition) is 2. The summed E-state index contributed by atoms with van der Waals surface area (Å²) in [5.41, 5.74) is 2.19. The van der Waals surface area contributed by atoms with E-state index in [2.05, 4.69) is 5.32 Å². The van der Waals surface area contributed by atoms with E-state index < -0.39 is 6.10 Å². The van der Waals surface area contributed by atoms with Gasteiger partial charge in [-0.15, -0.1) is 0 Å². The third-order valence-electron chi connectivity index (χ3n) is 4.59. The van der Waals surface area contributed by atoms with Crippen molar-refractivity contribution in [1.29, 1.82) is 0 Å². The van der Waals surface area contributed by atoms with Crippen LogP contribution < -0.4 is 5.32 Å². The van der Waals surface area contributed by atoms with Crippen LogP contribution in [0.5, 0.6) is 0 Å². The molecule has 0 spiro atoms. The van der Waals surface area contributed by atoms with Gasteiger partial charge in [-0.2, -0.15) is 0 Å². The molecule has 1 aromatic rings. The van der Waals surface area contributed by atoms with Gasteiger partial charge in [0.2, 0.25) is 5.91 Å². The van der Waals surface area contributed by atoms with Gasteiger partial charge in [0.15, 0.2) is 0 Å². The second-order valence-electron chi connectivity index (χ2n) is 6.13. The van der Waals surface area contributed by atoms with Crippen LogP contribution in [0.25, 0.3) is 0 Å². The monoisotopic (exact) mass is 289 g/mol. The average Bonchev–Trinajstić information content (AvgIpc) is 2.73.